The number of nitrogens with zero attached hydrogens (tertiary/aromatic N) is 1. The van der Waals surface area contributed by atoms with Crippen LogP contribution in [0, 0.1) is 0 Å². The summed E-state index contributed by atoms with van der Waals surface area (Å²) in [6.07, 6.45) is 0. The van der Waals surface area contributed by atoms with Crippen molar-refractivity contribution in [3.05, 3.63) is 68.9 Å². The van der Waals surface area contributed by atoms with Crippen LogP contribution < -0.4 is 20.7 Å². The van der Waals surface area contributed by atoms with Gasteiger partial charge < -0.3 is 14.5 Å². The summed E-state index contributed by atoms with van der Waals surface area (Å²) in [5, 5.41) is 0.484. The van der Waals surface area contributed by atoms with Gasteiger partial charge in [-0.15, -0.1) is 0 Å². The Hall–Kier alpha value is -3.02. The molecule has 0 fully saturated rings. The van der Waals surface area contributed by atoms with E-state index in [4.69, 9.17) is 9.47 Å². The fourth-order valence-corrected chi connectivity index (χ4v) is 2.72. The minimum atomic E-state index is -0.435. The molecule has 0 amide bonds. The molecule has 0 aliphatic heterocycles. The van der Waals surface area contributed by atoms with E-state index in [0.717, 1.165) is 5.56 Å². The molecule has 1 aromatic heterocycles. The minimum Gasteiger partial charge on any atom is -0.490 e. The highest BCUT2D eigenvalue weighted by molar-refractivity contribution is 5.76. The monoisotopic (exact) mass is 340 g/mol. The lowest BCUT2D eigenvalue weighted by Gasteiger charge is -2.13. The van der Waals surface area contributed by atoms with E-state index in [1.54, 1.807) is 36.4 Å². The summed E-state index contributed by atoms with van der Waals surface area (Å²) in [6.45, 7) is 4.98. The van der Waals surface area contributed by atoms with Gasteiger partial charge in [-0.3, -0.25) is 9.36 Å². The highest BCUT2D eigenvalue weighted by Gasteiger charge is 2.10. The molecule has 0 atom stereocenters. The van der Waals surface area contributed by atoms with E-state index in [-0.39, 0.29) is 12.1 Å². The molecule has 3 rings (SSSR count). The number of aromatic amines is 1. The van der Waals surface area contributed by atoms with Crippen LogP contribution in [0.3, 0.4) is 0 Å². The van der Waals surface area contributed by atoms with Crippen LogP contribution in [0.15, 0.2) is 52.1 Å². The summed E-state index contributed by atoms with van der Waals surface area (Å²) in [5.41, 5.74) is 0.576. The molecular weight excluding hydrogens is 320 g/mol. The zero-order valence-corrected chi connectivity index (χ0v) is 14.2. The van der Waals surface area contributed by atoms with Gasteiger partial charge in [0.05, 0.1) is 30.7 Å². The van der Waals surface area contributed by atoms with Crippen LogP contribution in [-0.4, -0.2) is 22.8 Å². The fraction of sp³-hybridized carbons (Fsp3) is 0.263. The van der Waals surface area contributed by atoms with Gasteiger partial charge in [0.25, 0.3) is 5.56 Å². The van der Waals surface area contributed by atoms with Crippen molar-refractivity contribution in [3.8, 4) is 11.5 Å². The van der Waals surface area contributed by atoms with Crippen LogP contribution >= 0.6 is 0 Å². The first-order valence-electron chi connectivity index (χ1n) is 8.24. The van der Waals surface area contributed by atoms with Crippen molar-refractivity contribution in [2.45, 2.75) is 20.4 Å². The van der Waals surface area contributed by atoms with E-state index < -0.39 is 5.69 Å². The summed E-state index contributed by atoms with van der Waals surface area (Å²) in [7, 11) is 0. The van der Waals surface area contributed by atoms with Crippen LogP contribution in [0.2, 0.25) is 0 Å². The normalized spacial score (nSPS) is 10.8. The number of nitrogens with one attached hydrogen (secondary N) is 1. The van der Waals surface area contributed by atoms with Crippen molar-refractivity contribution < 1.29 is 9.47 Å². The summed E-state index contributed by atoms with van der Waals surface area (Å²) in [5.74, 6) is 1.25. The van der Waals surface area contributed by atoms with Gasteiger partial charge >= 0.3 is 5.69 Å². The topological polar surface area (TPSA) is 73.3 Å². The van der Waals surface area contributed by atoms with Crippen LogP contribution in [0.1, 0.15) is 19.4 Å². The largest absolute Gasteiger partial charge is 0.490 e. The van der Waals surface area contributed by atoms with Crippen LogP contribution in [0.4, 0.5) is 0 Å². The third kappa shape index (κ3) is 3.42. The quantitative estimate of drug-likeness (QED) is 0.748. The molecular formula is C19H20N2O4. The van der Waals surface area contributed by atoms with Crippen LogP contribution in [0.25, 0.3) is 10.9 Å². The van der Waals surface area contributed by atoms with E-state index >= 15 is 0 Å². The SMILES string of the molecule is CCOc1ccc(Cn2c(=O)[nH]c3ccccc3c2=O)cc1OCC. The van der Waals surface area contributed by atoms with Crippen LogP contribution in [-0.2, 0) is 6.54 Å². The summed E-state index contributed by atoms with van der Waals surface area (Å²) in [4.78, 5) is 27.7. The molecule has 0 saturated carbocycles. The Kier molecular flexibility index (Phi) is 4.88. The zero-order valence-electron chi connectivity index (χ0n) is 14.2. The second-order valence-corrected chi connectivity index (χ2v) is 5.51. The molecule has 6 heteroatoms. The van der Waals surface area contributed by atoms with E-state index in [1.807, 2.05) is 19.9 Å². The van der Waals surface area contributed by atoms with Gasteiger partial charge in [-0.25, -0.2) is 4.79 Å². The summed E-state index contributed by atoms with van der Waals surface area (Å²) in [6, 6.07) is 12.4. The first-order chi connectivity index (χ1) is 12.1. The Morgan fingerprint density at radius 1 is 0.960 bits per heavy atom. The number of hydrogen-bond donors (Lipinski definition) is 1. The van der Waals surface area contributed by atoms with E-state index in [2.05, 4.69) is 4.98 Å². The zero-order chi connectivity index (χ0) is 17.8. The number of H-pyrrole nitrogens is 1. The molecule has 0 saturated heterocycles. The molecule has 3 aromatic rings. The molecule has 0 unspecified atom stereocenters. The summed E-state index contributed by atoms with van der Waals surface area (Å²) >= 11 is 0. The van der Waals surface area contributed by atoms with Crippen molar-refractivity contribution in [1.29, 1.82) is 0 Å². The highest BCUT2D eigenvalue weighted by atomic mass is 16.5. The molecule has 0 bridgehead atoms. The standard InChI is InChI=1S/C19H20N2O4/c1-3-24-16-10-9-13(11-17(16)25-4-2)12-21-18(22)14-7-5-6-8-15(14)20-19(21)23/h5-11H,3-4,12H2,1-2H3,(H,20,23). The maximum atomic E-state index is 12.6. The average molecular weight is 340 g/mol. The molecule has 25 heavy (non-hydrogen) atoms. The van der Waals surface area contributed by atoms with Crippen LogP contribution in [0.5, 0.6) is 11.5 Å². The van der Waals surface area contributed by atoms with E-state index in [0.29, 0.717) is 35.6 Å². The minimum absolute atomic E-state index is 0.158. The Labute approximate surface area is 144 Å². The Morgan fingerprint density at radius 3 is 2.44 bits per heavy atom. The Balaban J connectivity index is 2.03. The number of aromatic nitrogens is 2. The number of para-hydroxylation sites is 1. The maximum Gasteiger partial charge on any atom is 0.329 e. The Morgan fingerprint density at radius 2 is 1.68 bits per heavy atom. The van der Waals surface area contributed by atoms with Gasteiger partial charge in [-0.1, -0.05) is 18.2 Å². The molecule has 0 spiro atoms. The summed E-state index contributed by atoms with van der Waals surface area (Å²) < 4.78 is 12.3. The second-order valence-electron chi connectivity index (χ2n) is 5.51. The lowest BCUT2D eigenvalue weighted by molar-refractivity contribution is 0.287. The second kappa shape index (κ2) is 7.25. The molecule has 2 aromatic carbocycles. The number of fused-ring (bicyclic) bond motifs is 1. The molecule has 1 heterocycles. The highest BCUT2D eigenvalue weighted by Crippen LogP contribution is 2.28. The van der Waals surface area contributed by atoms with Crippen molar-refractivity contribution in [3.63, 3.8) is 0 Å². The third-order valence-electron chi connectivity index (χ3n) is 3.84. The van der Waals surface area contributed by atoms with Gasteiger partial charge in [0.1, 0.15) is 0 Å². The Bertz CT molecular complexity index is 1000. The fourth-order valence-electron chi connectivity index (χ4n) is 2.72. The lowest BCUT2D eigenvalue weighted by atomic mass is 10.2. The van der Waals surface area contributed by atoms with Gasteiger partial charge in [-0.2, -0.15) is 0 Å². The number of hydrogen-bond acceptors (Lipinski definition) is 4. The average Bonchev–Trinajstić information content (AvgIpc) is 2.61. The first kappa shape index (κ1) is 16.8. The van der Waals surface area contributed by atoms with Gasteiger partial charge in [0.15, 0.2) is 11.5 Å². The van der Waals surface area contributed by atoms with Crippen molar-refractivity contribution in [2.24, 2.45) is 0 Å². The van der Waals surface area contributed by atoms with Crippen molar-refractivity contribution >= 4 is 10.9 Å². The predicted molar refractivity (Wildman–Crippen MR) is 96.7 cm³/mol. The van der Waals surface area contributed by atoms with E-state index in [9.17, 15) is 9.59 Å². The van der Waals surface area contributed by atoms with Gasteiger partial charge in [0, 0.05) is 0 Å². The number of ether oxygens (including phenoxy) is 2. The maximum absolute atomic E-state index is 12.6. The molecule has 0 aliphatic rings. The molecule has 6 nitrogen and oxygen atoms in total. The number of rotatable bonds is 6. The molecule has 0 aliphatic carbocycles. The van der Waals surface area contributed by atoms with Crippen molar-refractivity contribution in [2.75, 3.05) is 13.2 Å². The first-order valence-corrected chi connectivity index (χ1v) is 8.24. The third-order valence-corrected chi connectivity index (χ3v) is 3.84. The smallest absolute Gasteiger partial charge is 0.329 e. The van der Waals surface area contributed by atoms with Gasteiger partial charge in [-0.05, 0) is 43.7 Å². The van der Waals surface area contributed by atoms with Gasteiger partial charge in [0.2, 0.25) is 0 Å². The predicted octanol–water partition coefficient (Wildman–Crippen LogP) is 2.54. The number of benzene rings is 2. The molecule has 1 N–H and O–H groups in total. The van der Waals surface area contributed by atoms with Crippen molar-refractivity contribution in [1.82, 2.24) is 9.55 Å². The molecule has 130 valence electrons. The lowest BCUT2D eigenvalue weighted by Crippen LogP contribution is -2.35. The van der Waals surface area contributed by atoms with E-state index in [1.165, 1.54) is 4.57 Å². The molecule has 0 radical (unpaired) electrons.